The van der Waals surface area contributed by atoms with E-state index >= 15 is 0 Å². The highest BCUT2D eigenvalue weighted by molar-refractivity contribution is 9.09. The normalized spacial score (nSPS) is 17.4. The summed E-state index contributed by atoms with van der Waals surface area (Å²) in [5.74, 6) is 0.0884. The van der Waals surface area contributed by atoms with E-state index in [2.05, 4.69) is 26.1 Å². The van der Waals surface area contributed by atoms with Crippen molar-refractivity contribution in [3.63, 3.8) is 0 Å². The number of aryl methyl sites for hydroxylation is 2. The highest BCUT2D eigenvalue weighted by atomic mass is 79.9. The zero-order valence-corrected chi connectivity index (χ0v) is 13.2. The Morgan fingerprint density at radius 2 is 1.89 bits per heavy atom. The van der Waals surface area contributed by atoms with Crippen LogP contribution in [0.1, 0.15) is 24.0 Å². The Morgan fingerprint density at radius 1 is 1.32 bits per heavy atom. The van der Waals surface area contributed by atoms with Crippen molar-refractivity contribution in [2.75, 3.05) is 25.0 Å². The van der Waals surface area contributed by atoms with E-state index in [9.17, 15) is 4.79 Å². The molecule has 0 unspecified atom stereocenters. The summed E-state index contributed by atoms with van der Waals surface area (Å²) in [5, 5.41) is 3.04. The molecule has 1 amide bonds. The second-order valence-corrected chi connectivity index (χ2v) is 6.56. The monoisotopic (exact) mass is 324 g/mol. The highest BCUT2D eigenvalue weighted by Gasteiger charge is 2.19. The molecule has 1 N–H and O–H groups in total. The van der Waals surface area contributed by atoms with Crippen LogP contribution in [0.15, 0.2) is 18.2 Å². The molecule has 0 aromatic heterocycles. The zero-order valence-electron chi connectivity index (χ0n) is 11.6. The number of halogens is 1. The van der Waals surface area contributed by atoms with Crippen LogP contribution in [0.5, 0.6) is 0 Å². The Bertz CT molecular complexity index is 433. The van der Waals surface area contributed by atoms with Gasteiger partial charge in [0.25, 0.3) is 0 Å². The van der Waals surface area contributed by atoms with Gasteiger partial charge in [0.05, 0.1) is 6.54 Å². The first-order valence-corrected chi connectivity index (χ1v) is 7.70. The largest absolute Gasteiger partial charge is 0.324 e. The van der Waals surface area contributed by atoms with Crippen LogP contribution in [0.4, 0.5) is 5.69 Å². The third-order valence-corrected chi connectivity index (χ3v) is 4.55. The number of amides is 1. The fourth-order valence-electron chi connectivity index (χ4n) is 2.45. The molecule has 3 nitrogen and oxygen atoms in total. The molecular weight excluding hydrogens is 304 g/mol. The van der Waals surface area contributed by atoms with Crippen LogP contribution in [0.2, 0.25) is 0 Å². The van der Waals surface area contributed by atoms with Gasteiger partial charge >= 0.3 is 0 Å². The zero-order chi connectivity index (χ0) is 13.8. The fourth-order valence-corrected chi connectivity index (χ4v) is 2.86. The van der Waals surface area contributed by atoms with Crippen LogP contribution in [-0.2, 0) is 4.79 Å². The standard InChI is InChI=1S/C15H21BrN2O/c1-11-4-3-5-12(2)15(11)17-14(19)10-18-8-6-13(16)7-9-18/h3-5,13H,6-10H2,1-2H3,(H,17,19). The smallest absolute Gasteiger partial charge is 0.238 e. The predicted molar refractivity (Wildman–Crippen MR) is 82.9 cm³/mol. The van der Waals surface area contributed by atoms with Crippen molar-refractivity contribution in [2.45, 2.75) is 31.5 Å². The van der Waals surface area contributed by atoms with Crippen LogP contribution in [0, 0.1) is 13.8 Å². The lowest BCUT2D eigenvalue weighted by Crippen LogP contribution is -2.39. The summed E-state index contributed by atoms with van der Waals surface area (Å²) in [6, 6.07) is 6.07. The molecule has 1 aromatic carbocycles. The number of alkyl halides is 1. The minimum Gasteiger partial charge on any atom is -0.324 e. The number of hydrogen-bond acceptors (Lipinski definition) is 2. The molecule has 0 spiro atoms. The van der Waals surface area contributed by atoms with Crippen molar-refractivity contribution in [3.05, 3.63) is 29.3 Å². The van der Waals surface area contributed by atoms with Gasteiger partial charge in [-0.25, -0.2) is 0 Å². The molecule has 1 aliphatic heterocycles. The number of likely N-dealkylation sites (tertiary alicyclic amines) is 1. The lowest BCUT2D eigenvalue weighted by Gasteiger charge is -2.28. The maximum absolute atomic E-state index is 12.1. The van der Waals surface area contributed by atoms with E-state index < -0.39 is 0 Å². The number of carbonyl (C=O) groups is 1. The summed E-state index contributed by atoms with van der Waals surface area (Å²) in [4.78, 5) is 14.9. The number of para-hydroxylation sites is 1. The number of carbonyl (C=O) groups excluding carboxylic acids is 1. The topological polar surface area (TPSA) is 32.3 Å². The molecule has 2 rings (SSSR count). The Labute approximate surface area is 123 Å². The molecule has 104 valence electrons. The molecule has 1 heterocycles. The summed E-state index contributed by atoms with van der Waals surface area (Å²) in [6.07, 6.45) is 2.24. The van der Waals surface area contributed by atoms with Crippen molar-refractivity contribution in [2.24, 2.45) is 0 Å². The first-order chi connectivity index (χ1) is 9.06. The average Bonchev–Trinajstić information content (AvgIpc) is 2.37. The van der Waals surface area contributed by atoms with Crippen molar-refractivity contribution < 1.29 is 4.79 Å². The van der Waals surface area contributed by atoms with Gasteiger partial charge in [-0.15, -0.1) is 0 Å². The van der Waals surface area contributed by atoms with Gasteiger partial charge in [-0.05, 0) is 50.9 Å². The van der Waals surface area contributed by atoms with Gasteiger partial charge in [-0.1, -0.05) is 34.1 Å². The molecule has 1 saturated heterocycles. The maximum Gasteiger partial charge on any atom is 0.238 e. The van der Waals surface area contributed by atoms with E-state index in [1.807, 2.05) is 32.0 Å². The van der Waals surface area contributed by atoms with Crippen LogP contribution < -0.4 is 5.32 Å². The van der Waals surface area contributed by atoms with E-state index in [4.69, 9.17) is 0 Å². The Morgan fingerprint density at radius 3 is 2.47 bits per heavy atom. The number of piperidine rings is 1. The van der Waals surface area contributed by atoms with Crippen molar-refractivity contribution in [1.29, 1.82) is 0 Å². The van der Waals surface area contributed by atoms with Crippen LogP contribution in [-0.4, -0.2) is 35.3 Å². The highest BCUT2D eigenvalue weighted by Crippen LogP contribution is 2.20. The molecule has 0 saturated carbocycles. The first kappa shape index (κ1) is 14.5. The van der Waals surface area contributed by atoms with Gasteiger partial charge in [-0.2, -0.15) is 0 Å². The third kappa shape index (κ3) is 4.05. The second kappa shape index (κ2) is 6.53. The maximum atomic E-state index is 12.1. The van der Waals surface area contributed by atoms with Gasteiger partial charge in [0, 0.05) is 10.5 Å². The minimum absolute atomic E-state index is 0.0884. The van der Waals surface area contributed by atoms with Gasteiger partial charge in [-0.3, -0.25) is 9.69 Å². The molecule has 1 aromatic rings. The SMILES string of the molecule is Cc1cccc(C)c1NC(=O)CN1CCC(Br)CC1. The van der Waals surface area contributed by atoms with E-state index in [0.29, 0.717) is 11.4 Å². The number of hydrogen-bond donors (Lipinski definition) is 1. The molecule has 1 fully saturated rings. The average molecular weight is 325 g/mol. The molecule has 1 aliphatic rings. The van der Waals surface area contributed by atoms with E-state index in [1.54, 1.807) is 0 Å². The fraction of sp³-hybridized carbons (Fsp3) is 0.533. The Kier molecular flexibility index (Phi) is 4.99. The minimum atomic E-state index is 0.0884. The first-order valence-electron chi connectivity index (χ1n) is 6.79. The summed E-state index contributed by atoms with van der Waals surface area (Å²) in [6.45, 7) is 6.54. The van der Waals surface area contributed by atoms with Gasteiger partial charge in [0.15, 0.2) is 0 Å². The second-order valence-electron chi connectivity index (χ2n) is 5.27. The van der Waals surface area contributed by atoms with Gasteiger partial charge < -0.3 is 5.32 Å². The molecule has 0 bridgehead atoms. The number of nitrogens with zero attached hydrogens (tertiary/aromatic N) is 1. The number of anilines is 1. The molecule has 0 aliphatic carbocycles. The third-order valence-electron chi connectivity index (χ3n) is 3.63. The Balaban J connectivity index is 1.91. The summed E-state index contributed by atoms with van der Waals surface area (Å²) >= 11 is 3.63. The van der Waals surface area contributed by atoms with Crippen molar-refractivity contribution in [1.82, 2.24) is 4.90 Å². The predicted octanol–water partition coefficient (Wildman–Crippen LogP) is 3.10. The lowest BCUT2D eigenvalue weighted by atomic mass is 10.1. The van der Waals surface area contributed by atoms with E-state index in [-0.39, 0.29) is 5.91 Å². The van der Waals surface area contributed by atoms with Crippen LogP contribution >= 0.6 is 15.9 Å². The van der Waals surface area contributed by atoms with Crippen molar-refractivity contribution >= 4 is 27.5 Å². The van der Waals surface area contributed by atoms with Crippen molar-refractivity contribution in [3.8, 4) is 0 Å². The molecular formula is C15H21BrN2O. The van der Waals surface area contributed by atoms with E-state index in [0.717, 1.165) is 42.7 Å². The van der Waals surface area contributed by atoms with Crippen LogP contribution in [0.3, 0.4) is 0 Å². The van der Waals surface area contributed by atoms with Gasteiger partial charge in [0.2, 0.25) is 5.91 Å². The lowest BCUT2D eigenvalue weighted by molar-refractivity contribution is -0.117. The molecule has 4 heteroatoms. The van der Waals surface area contributed by atoms with E-state index in [1.165, 1.54) is 0 Å². The Hall–Kier alpha value is -0.870. The molecule has 19 heavy (non-hydrogen) atoms. The summed E-state index contributed by atoms with van der Waals surface area (Å²) < 4.78 is 0. The summed E-state index contributed by atoms with van der Waals surface area (Å²) in [7, 11) is 0. The van der Waals surface area contributed by atoms with Crippen LogP contribution in [0.25, 0.3) is 0 Å². The molecule has 0 radical (unpaired) electrons. The number of rotatable bonds is 3. The van der Waals surface area contributed by atoms with Gasteiger partial charge in [0.1, 0.15) is 0 Å². The molecule has 0 atom stereocenters. The number of benzene rings is 1. The quantitative estimate of drug-likeness (QED) is 0.866. The summed E-state index contributed by atoms with van der Waals surface area (Å²) in [5.41, 5.74) is 3.20. The number of nitrogens with one attached hydrogen (secondary N) is 1.